The van der Waals surface area contributed by atoms with E-state index in [1.165, 1.54) is 0 Å². The third kappa shape index (κ3) is 6.43. The summed E-state index contributed by atoms with van der Waals surface area (Å²) in [5.74, 6) is 1.15. The van der Waals surface area contributed by atoms with Crippen molar-refractivity contribution >= 4 is 11.7 Å². The molecule has 1 aromatic heterocycles. The lowest BCUT2D eigenvalue weighted by molar-refractivity contribution is -0.114. The molecule has 3 heterocycles. The van der Waals surface area contributed by atoms with Gasteiger partial charge < -0.3 is 19.9 Å². The number of ether oxygens (including phenoxy) is 1. The van der Waals surface area contributed by atoms with E-state index >= 15 is 0 Å². The van der Waals surface area contributed by atoms with E-state index in [0.29, 0.717) is 18.9 Å². The fraction of sp³-hybridized carbons (Fsp3) is 0.300. The van der Waals surface area contributed by atoms with Crippen molar-refractivity contribution in [1.29, 1.82) is 0 Å². The van der Waals surface area contributed by atoms with Gasteiger partial charge in [0, 0.05) is 49.2 Å². The molecule has 0 spiro atoms. The summed E-state index contributed by atoms with van der Waals surface area (Å²) in [6, 6.07) is 13.7. The summed E-state index contributed by atoms with van der Waals surface area (Å²) in [7, 11) is 0. The van der Waals surface area contributed by atoms with Crippen molar-refractivity contribution in [2.24, 2.45) is 0 Å². The minimum absolute atomic E-state index is 0.0457. The Morgan fingerprint density at radius 2 is 1.92 bits per heavy atom. The van der Waals surface area contributed by atoms with Gasteiger partial charge in [0.05, 0.1) is 12.2 Å². The molecule has 7 nitrogen and oxygen atoms in total. The van der Waals surface area contributed by atoms with Crippen LogP contribution in [0.5, 0.6) is 0 Å². The van der Waals surface area contributed by atoms with E-state index in [2.05, 4.69) is 26.2 Å². The number of allylic oxidation sites excluding steroid dienone is 4. The summed E-state index contributed by atoms with van der Waals surface area (Å²) < 4.78 is 5.66. The summed E-state index contributed by atoms with van der Waals surface area (Å²) in [6.45, 7) is 4.18. The lowest BCUT2D eigenvalue weighted by Crippen LogP contribution is -2.38. The van der Waals surface area contributed by atoms with Crippen LogP contribution in [0, 0.1) is 0 Å². The van der Waals surface area contributed by atoms with Crippen LogP contribution < -0.4 is 5.32 Å². The number of carbonyl (C=O) groups is 2. The molecule has 1 amide bonds. The van der Waals surface area contributed by atoms with E-state index in [9.17, 15) is 9.59 Å². The van der Waals surface area contributed by atoms with Crippen LogP contribution in [0.15, 0.2) is 96.9 Å². The summed E-state index contributed by atoms with van der Waals surface area (Å²) in [5.41, 5.74) is 3.65. The molecule has 1 fully saturated rings. The molecule has 7 heteroatoms. The number of hydrogen-bond acceptors (Lipinski definition) is 6. The highest BCUT2D eigenvalue weighted by Crippen LogP contribution is 2.30. The molecule has 1 N–H and O–H groups in total. The molecule has 0 radical (unpaired) electrons. The highest BCUT2D eigenvalue weighted by molar-refractivity contribution is 5.96. The fourth-order valence-electron chi connectivity index (χ4n) is 5.00. The number of carbonyl (C=O) groups excluding carboxylic acids is 2. The Bertz CT molecular complexity index is 1240. The number of hydrogen-bond donors (Lipinski definition) is 1. The van der Waals surface area contributed by atoms with Gasteiger partial charge in [0.1, 0.15) is 12.0 Å². The molecule has 0 saturated carbocycles. The summed E-state index contributed by atoms with van der Waals surface area (Å²) >= 11 is 0. The molecule has 37 heavy (non-hydrogen) atoms. The molecule has 1 saturated heterocycles. The molecule has 5 rings (SSSR count). The van der Waals surface area contributed by atoms with Crippen molar-refractivity contribution in [3.8, 4) is 0 Å². The predicted molar refractivity (Wildman–Crippen MR) is 142 cm³/mol. The van der Waals surface area contributed by atoms with E-state index < -0.39 is 0 Å². The average molecular weight is 497 g/mol. The fourth-order valence-corrected chi connectivity index (χ4v) is 5.00. The largest absolute Gasteiger partial charge is 0.462 e. The summed E-state index contributed by atoms with van der Waals surface area (Å²) in [4.78, 5) is 33.6. The van der Waals surface area contributed by atoms with Gasteiger partial charge in [-0.1, -0.05) is 36.4 Å². The minimum atomic E-state index is -0.0457. The van der Waals surface area contributed by atoms with Crippen molar-refractivity contribution in [2.75, 3.05) is 26.2 Å². The van der Waals surface area contributed by atoms with Gasteiger partial charge in [0.2, 0.25) is 0 Å². The maximum atomic E-state index is 13.0. The van der Waals surface area contributed by atoms with Crippen molar-refractivity contribution in [2.45, 2.75) is 31.7 Å². The number of ketones is 1. The van der Waals surface area contributed by atoms with Crippen LogP contribution in [0.1, 0.15) is 46.8 Å². The van der Waals surface area contributed by atoms with Gasteiger partial charge in [-0.15, -0.1) is 0 Å². The van der Waals surface area contributed by atoms with Crippen LogP contribution in [0.25, 0.3) is 0 Å². The van der Waals surface area contributed by atoms with E-state index in [1.54, 1.807) is 24.6 Å². The van der Waals surface area contributed by atoms with Crippen molar-refractivity contribution in [1.82, 2.24) is 20.1 Å². The Hall–Kier alpha value is -3.97. The quantitative estimate of drug-likeness (QED) is 0.588. The van der Waals surface area contributed by atoms with Gasteiger partial charge >= 0.3 is 0 Å². The van der Waals surface area contributed by atoms with E-state index in [-0.39, 0.29) is 11.7 Å². The maximum absolute atomic E-state index is 13.0. The number of likely N-dealkylation sites (tertiary alicyclic amines) is 1. The second-order valence-electron chi connectivity index (χ2n) is 9.54. The zero-order valence-corrected chi connectivity index (χ0v) is 20.9. The van der Waals surface area contributed by atoms with Crippen molar-refractivity contribution in [3.05, 3.63) is 114 Å². The first kappa shape index (κ1) is 24.7. The van der Waals surface area contributed by atoms with Gasteiger partial charge in [0.15, 0.2) is 5.78 Å². The third-order valence-corrected chi connectivity index (χ3v) is 7.05. The molecular weight excluding hydrogens is 464 g/mol. The van der Waals surface area contributed by atoms with E-state index in [4.69, 9.17) is 4.74 Å². The molecule has 1 aromatic carbocycles. The lowest BCUT2D eigenvalue weighted by atomic mass is 9.86. The van der Waals surface area contributed by atoms with Crippen molar-refractivity contribution < 1.29 is 14.3 Å². The molecule has 190 valence electrons. The molecular formula is C30H32N4O3. The molecule has 3 aliphatic rings. The zero-order valence-electron chi connectivity index (χ0n) is 20.9. The van der Waals surface area contributed by atoms with Crippen molar-refractivity contribution in [3.63, 3.8) is 0 Å². The first-order valence-electron chi connectivity index (χ1n) is 12.9. The van der Waals surface area contributed by atoms with E-state index in [1.807, 2.05) is 54.9 Å². The number of amides is 1. The van der Waals surface area contributed by atoms with Gasteiger partial charge in [0.25, 0.3) is 5.91 Å². The molecule has 2 aromatic rings. The smallest absolute Gasteiger partial charge is 0.251 e. The lowest BCUT2D eigenvalue weighted by Gasteiger charge is -2.34. The number of aromatic nitrogens is 1. The molecule has 0 unspecified atom stereocenters. The summed E-state index contributed by atoms with van der Waals surface area (Å²) in [6.07, 6.45) is 15.0. The second kappa shape index (κ2) is 11.8. The third-order valence-electron chi connectivity index (χ3n) is 7.05. The Morgan fingerprint density at radius 1 is 1.08 bits per heavy atom. The molecule has 1 aliphatic carbocycles. The van der Waals surface area contributed by atoms with E-state index in [0.717, 1.165) is 67.2 Å². The minimum Gasteiger partial charge on any atom is -0.462 e. The number of piperidine rings is 1. The van der Waals surface area contributed by atoms with Crippen LogP contribution >= 0.6 is 0 Å². The number of rotatable bonds is 8. The first-order valence-corrected chi connectivity index (χ1v) is 12.9. The highest BCUT2D eigenvalue weighted by atomic mass is 16.5. The van der Waals surface area contributed by atoms with Gasteiger partial charge in [-0.2, -0.15) is 0 Å². The van der Waals surface area contributed by atoms with Gasteiger partial charge in [-0.3, -0.25) is 14.6 Å². The number of nitrogens with zero attached hydrogens (tertiary/aromatic N) is 3. The standard InChI is InChI=1S/C30H32N4O3/c35-26-8-5-6-24(20-26)29-22-34(18-19-37-29)17-16-33-14-11-23(12-15-33)27-9-1-2-10-28(27)30(36)32-21-25-7-3-4-13-31-25/h1-10,13,18-19,22-23H,11-12,14-17,20-21H2,(H,32,36). The molecule has 2 aliphatic heterocycles. The SMILES string of the molecule is O=C1C=CC=C(C2=CN(CCN3CCC(c4ccccc4C(=O)NCc4ccccn4)CC3)C=CO2)C1. The van der Waals surface area contributed by atoms with Gasteiger partial charge in [-0.05, 0) is 61.7 Å². The normalized spacial score (nSPS) is 18.3. The number of nitrogens with one attached hydrogen (secondary N) is 1. The number of pyridine rings is 1. The highest BCUT2D eigenvalue weighted by Gasteiger charge is 2.24. The second-order valence-corrected chi connectivity index (χ2v) is 9.54. The average Bonchev–Trinajstić information content (AvgIpc) is 2.96. The number of benzene rings is 1. The summed E-state index contributed by atoms with van der Waals surface area (Å²) in [5, 5.41) is 3.02. The molecule has 0 atom stereocenters. The monoisotopic (exact) mass is 496 g/mol. The maximum Gasteiger partial charge on any atom is 0.251 e. The van der Waals surface area contributed by atoms with Crippen LogP contribution in [-0.2, 0) is 16.1 Å². The Labute approximate surface area is 217 Å². The Balaban J connectivity index is 1.13. The van der Waals surface area contributed by atoms with Crippen LogP contribution in [-0.4, -0.2) is 52.7 Å². The Kier molecular flexibility index (Phi) is 7.91. The van der Waals surface area contributed by atoms with Crippen LogP contribution in [0.2, 0.25) is 0 Å². The van der Waals surface area contributed by atoms with Gasteiger partial charge in [-0.25, -0.2) is 0 Å². The Morgan fingerprint density at radius 3 is 2.73 bits per heavy atom. The predicted octanol–water partition coefficient (Wildman–Crippen LogP) is 4.29. The topological polar surface area (TPSA) is 74.8 Å². The first-order chi connectivity index (χ1) is 18.2. The van der Waals surface area contributed by atoms with Crippen LogP contribution in [0.4, 0.5) is 0 Å². The zero-order chi connectivity index (χ0) is 25.5. The van der Waals surface area contributed by atoms with Crippen LogP contribution in [0.3, 0.4) is 0 Å². The molecule has 0 bridgehead atoms.